The van der Waals surface area contributed by atoms with Gasteiger partial charge in [-0.1, -0.05) is 24.3 Å². The fraction of sp³-hybridized carbons (Fsp3) is 0.214. The number of nitrogens with zero attached hydrogens (tertiary/aromatic N) is 2. The molecule has 0 radical (unpaired) electrons. The molecular formula is C14H11F3N2O2. The molecule has 0 saturated heterocycles. The van der Waals surface area contributed by atoms with Gasteiger partial charge in [0, 0.05) is 11.6 Å². The van der Waals surface area contributed by atoms with Gasteiger partial charge < -0.3 is 4.74 Å². The Balaban J connectivity index is 2.53. The third kappa shape index (κ3) is 3.18. The minimum absolute atomic E-state index is 0.249. The molecule has 0 aliphatic heterocycles. The fourth-order valence-electron chi connectivity index (χ4n) is 1.72. The van der Waals surface area contributed by atoms with Crippen LogP contribution in [0.4, 0.5) is 13.2 Å². The van der Waals surface area contributed by atoms with Crippen molar-refractivity contribution in [1.29, 1.82) is 0 Å². The van der Waals surface area contributed by atoms with Gasteiger partial charge in [-0.05, 0) is 12.5 Å². The minimum Gasteiger partial charge on any atom is -0.481 e. The van der Waals surface area contributed by atoms with Gasteiger partial charge in [-0.2, -0.15) is 18.2 Å². The number of rotatable bonds is 3. The average molecular weight is 296 g/mol. The van der Waals surface area contributed by atoms with E-state index in [1.54, 1.807) is 25.1 Å². The Morgan fingerprint density at radius 3 is 2.43 bits per heavy atom. The molecule has 0 spiro atoms. The largest absolute Gasteiger partial charge is 0.481 e. The predicted molar refractivity (Wildman–Crippen MR) is 68.2 cm³/mol. The van der Waals surface area contributed by atoms with Crippen LogP contribution in [0.5, 0.6) is 5.88 Å². The lowest BCUT2D eigenvalue weighted by molar-refractivity contribution is -0.141. The van der Waals surface area contributed by atoms with Gasteiger partial charge in [-0.3, -0.25) is 4.79 Å². The monoisotopic (exact) mass is 296 g/mol. The first-order valence-corrected chi connectivity index (χ1v) is 5.93. The second kappa shape index (κ2) is 5.51. The first-order chi connectivity index (χ1) is 9.82. The number of alkyl halides is 3. The van der Waals surface area contributed by atoms with Crippen molar-refractivity contribution in [2.24, 2.45) is 0 Å². The number of aromatic nitrogens is 2. The van der Waals surface area contributed by atoms with Gasteiger partial charge in [-0.25, -0.2) is 4.98 Å². The van der Waals surface area contributed by atoms with Crippen LogP contribution in [0.15, 0.2) is 30.3 Å². The molecule has 0 saturated carbocycles. The fourth-order valence-corrected chi connectivity index (χ4v) is 1.72. The number of carbonyl (C=O) groups excluding carboxylic acids is 1. The van der Waals surface area contributed by atoms with Crippen molar-refractivity contribution < 1.29 is 22.7 Å². The highest BCUT2D eigenvalue weighted by Gasteiger charge is 2.34. The summed E-state index contributed by atoms with van der Waals surface area (Å²) in [5.41, 5.74) is -0.340. The van der Waals surface area contributed by atoms with E-state index in [4.69, 9.17) is 4.74 Å². The van der Waals surface area contributed by atoms with Crippen molar-refractivity contribution in [3.8, 4) is 5.88 Å². The van der Waals surface area contributed by atoms with Crippen molar-refractivity contribution >= 4 is 5.78 Å². The molecule has 7 heteroatoms. The lowest BCUT2D eigenvalue weighted by Crippen LogP contribution is -2.15. The molecule has 0 aliphatic carbocycles. The molecule has 0 unspecified atom stereocenters. The van der Waals surface area contributed by atoms with Crippen LogP contribution in [0.3, 0.4) is 0 Å². The molecule has 0 N–H and O–H groups in total. The predicted octanol–water partition coefficient (Wildman–Crippen LogP) is 3.04. The van der Waals surface area contributed by atoms with Crippen molar-refractivity contribution in [2.75, 3.05) is 7.11 Å². The molecule has 21 heavy (non-hydrogen) atoms. The normalized spacial score (nSPS) is 11.3. The van der Waals surface area contributed by atoms with Gasteiger partial charge in [0.1, 0.15) is 0 Å². The Kier molecular flexibility index (Phi) is 3.93. The summed E-state index contributed by atoms with van der Waals surface area (Å²) in [7, 11) is 1.17. The number of aryl methyl sites for hydroxylation is 1. The summed E-state index contributed by atoms with van der Waals surface area (Å²) in [4.78, 5) is 19.3. The van der Waals surface area contributed by atoms with Crippen LogP contribution in [-0.4, -0.2) is 22.9 Å². The lowest BCUT2D eigenvalue weighted by Gasteiger charge is -2.10. The first kappa shape index (κ1) is 15.0. The van der Waals surface area contributed by atoms with E-state index in [-0.39, 0.29) is 11.4 Å². The number of carbonyl (C=O) groups is 1. The van der Waals surface area contributed by atoms with E-state index in [2.05, 4.69) is 9.97 Å². The summed E-state index contributed by atoms with van der Waals surface area (Å²) in [5, 5.41) is 0. The smallest absolute Gasteiger partial charge is 0.433 e. The molecule has 2 aromatic rings. The van der Waals surface area contributed by atoms with E-state index in [9.17, 15) is 18.0 Å². The molecule has 1 heterocycles. The van der Waals surface area contributed by atoms with Gasteiger partial charge >= 0.3 is 6.18 Å². The number of ketones is 1. The molecular weight excluding hydrogens is 285 g/mol. The maximum atomic E-state index is 12.8. The minimum atomic E-state index is -4.68. The van der Waals surface area contributed by atoms with E-state index in [0.29, 0.717) is 11.6 Å². The van der Waals surface area contributed by atoms with Gasteiger partial charge in [0.2, 0.25) is 17.5 Å². The standard InChI is InChI=1S/C14H11F3N2O2/c1-8-5-3-4-6-9(8)12(20)13-18-10(14(15,16)17)7-11(19-13)21-2/h3-7H,1-2H3. The van der Waals surface area contributed by atoms with E-state index in [0.717, 1.165) is 0 Å². The highest BCUT2D eigenvalue weighted by molar-refractivity contribution is 6.07. The third-order valence-corrected chi connectivity index (χ3v) is 2.80. The Labute approximate surface area is 118 Å². The molecule has 0 amide bonds. The topological polar surface area (TPSA) is 52.1 Å². The van der Waals surface area contributed by atoms with Gasteiger partial charge in [0.25, 0.3) is 0 Å². The zero-order chi connectivity index (χ0) is 15.6. The van der Waals surface area contributed by atoms with E-state index >= 15 is 0 Å². The van der Waals surface area contributed by atoms with Crippen LogP contribution in [0, 0.1) is 6.92 Å². The first-order valence-electron chi connectivity index (χ1n) is 5.93. The van der Waals surface area contributed by atoms with Gasteiger partial charge in [-0.15, -0.1) is 0 Å². The van der Waals surface area contributed by atoms with Gasteiger partial charge in [0.15, 0.2) is 5.69 Å². The third-order valence-electron chi connectivity index (χ3n) is 2.80. The lowest BCUT2D eigenvalue weighted by atomic mass is 10.0. The van der Waals surface area contributed by atoms with Crippen LogP contribution >= 0.6 is 0 Å². The van der Waals surface area contributed by atoms with Crippen molar-refractivity contribution in [3.05, 3.63) is 53.0 Å². The molecule has 0 bridgehead atoms. The highest BCUT2D eigenvalue weighted by Crippen LogP contribution is 2.29. The summed E-state index contributed by atoms with van der Waals surface area (Å²) in [5.74, 6) is -1.54. The molecule has 1 aromatic carbocycles. The number of hydrogen-bond acceptors (Lipinski definition) is 4. The highest BCUT2D eigenvalue weighted by atomic mass is 19.4. The van der Waals surface area contributed by atoms with Crippen molar-refractivity contribution in [1.82, 2.24) is 9.97 Å². The van der Waals surface area contributed by atoms with Crippen LogP contribution in [0.1, 0.15) is 27.4 Å². The molecule has 0 aliphatic rings. The van der Waals surface area contributed by atoms with E-state index in [1.165, 1.54) is 13.2 Å². The Morgan fingerprint density at radius 1 is 1.19 bits per heavy atom. The summed E-state index contributed by atoms with van der Waals surface area (Å²) < 4.78 is 43.0. The number of methoxy groups -OCH3 is 1. The Morgan fingerprint density at radius 2 is 1.86 bits per heavy atom. The molecule has 2 rings (SSSR count). The SMILES string of the molecule is COc1cc(C(F)(F)F)nc(C(=O)c2ccccc2C)n1. The van der Waals surface area contributed by atoms with Crippen molar-refractivity contribution in [3.63, 3.8) is 0 Å². The number of halogens is 3. The quantitative estimate of drug-likeness (QED) is 0.817. The molecule has 1 aromatic heterocycles. The zero-order valence-electron chi connectivity index (χ0n) is 11.2. The van der Waals surface area contributed by atoms with E-state index < -0.39 is 23.5 Å². The maximum absolute atomic E-state index is 12.8. The van der Waals surface area contributed by atoms with E-state index in [1.807, 2.05) is 0 Å². The van der Waals surface area contributed by atoms with Crippen LogP contribution < -0.4 is 4.74 Å². The number of hydrogen-bond donors (Lipinski definition) is 0. The second-order valence-electron chi connectivity index (χ2n) is 4.26. The maximum Gasteiger partial charge on any atom is 0.433 e. The zero-order valence-corrected chi connectivity index (χ0v) is 11.2. The molecule has 0 fully saturated rings. The molecule has 4 nitrogen and oxygen atoms in total. The number of ether oxygens (including phenoxy) is 1. The summed E-state index contributed by atoms with van der Waals surface area (Å²) >= 11 is 0. The van der Waals surface area contributed by atoms with Crippen LogP contribution in [0.2, 0.25) is 0 Å². The Hall–Kier alpha value is -2.44. The van der Waals surface area contributed by atoms with Gasteiger partial charge in [0.05, 0.1) is 7.11 Å². The summed E-state index contributed by atoms with van der Waals surface area (Å²) in [6, 6.07) is 7.17. The van der Waals surface area contributed by atoms with Crippen LogP contribution in [-0.2, 0) is 6.18 Å². The summed E-state index contributed by atoms with van der Waals surface area (Å²) in [6.45, 7) is 1.68. The summed E-state index contributed by atoms with van der Waals surface area (Å²) in [6.07, 6.45) is -4.68. The van der Waals surface area contributed by atoms with Crippen molar-refractivity contribution in [2.45, 2.75) is 13.1 Å². The molecule has 110 valence electrons. The second-order valence-corrected chi connectivity index (χ2v) is 4.26. The average Bonchev–Trinajstić information content (AvgIpc) is 2.45. The molecule has 0 atom stereocenters. The Bertz CT molecular complexity index is 684. The van der Waals surface area contributed by atoms with Crippen LogP contribution in [0.25, 0.3) is 0 Å². The number of benzene rings is 1.